The molecule has 148 valence electrons. The van der Waals surface area contributed by atoms with E-state index in [9.17, 15) is 9.18 Å². The van der Waals surface area contributed by atoms with Crippen LogP contribution in [0.25, 0.3) is 0 Å². The SMILES string of the molecule is COc1ccc(Cc2nnc(NC(=O)CC3=C(F)C=CCC3Cl)s2)cc1OC. The van der Waals surface area contributed by atoms with E-state index in [0.717, 1.165) is 10.6 Å². The van der Waals surface area contributed by atoms with Crippen molar-refractivity contribution < 1.29 is 18.7 Å². The van der Waals surface area contributed by atoms with Gasteiger partial charge in [0.2, 0.25) is 11.0 Å². The predicted molar refractivity (Wildman–Crippen MR) is 107 cm³/mol. The lowest BCUT2D eigenvalue weighted by Crippen LogP contribution is -2.17. The van der Waals surface area contributed by atoms with Gasteiger partial charge in [0.15, 0.2) is 11.5 Å². The van der Waals surface area contributed by atoms with Crippen LogP contribution in [0.15, 0.2) is 41.8 Å². The number of benzene rings is 1. The summed E-state index contributed by atoms with van der Waals surface area (Å²) in [5.74, 6) is 0.450. The number of ether oxygens (including phenoxy) is 2. The Kier molecular flexibility index (Phi) is 6.64. The molecule has 1 aliphatic rings. The summed E-state index contributed by atoms with van der Waals surface area (Å²) in [7, 11) is 3.15. The molecule has 0 radical (unpaired) electrons. The molecule has 1 N–H and O–H groups in total. The number of rotatable bonds is 7. The van der Waals surface area contributed by atoms with Gasteiger partial charge in [0, 0.05) is 6.42 Å². The number of carbonyl (C=O) groups excluding carboxylic acids is 1. The zero-order valence-corrected chi connectivity index (χ0v) is 16.9. The normalized spacial score (nSPS) is 16.2. The van der Waals surface area contributed by atoms with Gasteiger partial charge in [-0.1, -0.05) is 23.5 Å². The molecule has 2 aromatic rings. The quantitative estimate of drug-likeness (QED) is 0.673. The molecule has 3 rings (SSSR count). The number of hydrogen-bond acceptors (Lipinski definition) is 6. The summed E-state index contributed by atoms with van der Waals surface area (Å²) in [6.07, 6.45) is 3.91. The highest BCUT2D eigenvalue weighted by atomic mass is 35.5. The molecule has 1 amide bonds. The Balaban J connectivity index is 1.63. The van der Waals surface area contributed by atoms with Crippen molar-refractivity contribution in [1.29, 1.82) is 0 Å². The lowest BCUT2D eigenvalue weighted by molar-refractivity contribution is -0.115. The Hall–Kier alpha value is -2.45. The summed E-state index contributed by atoms with van der Waals surface area (Å²) < 4.78 is 24.4. The van der Waals surface area contributed by atoms with E-state index in [0.29, 0.717) is 29.5 Å². The number of amides is 1. The first-order valence-corrected chi connectivity index (χ1v) is 9.77. The molecule has 9 heteroatoms. The molecule has 1 aliphatic carbocycles. The lowest BCUT2D eigenvalue weighted by atomic mass is 10.0. The Bertz CT molecular complexity index is 929. The van der Waals surface area contributed by atoms with Crippen molar-refractivity contribution in [3.63, 3.8) is 0 Å². The van der Waals surface area contributed by atoms with Crippen LogP contribution in [-0.4, -0.2) is 35.7 Å². The number of carbonyl (C=O) groups is 1. The fraction of sp³-hybridized carbons (Fsp3) is 0.316. The van der Waals surface area contributed by atoms with Crippen LogP contribution in [0, 0.1) is 0 Å². The minimum atomic E-state index is -0.509. The highest BCUT2D eigenvalue weighted by molar-refractivity contribution is 7.15. The molecule has 0 bridgehead atoms. The first-order chi connectivity index (χ1) is 13.5. The fourth-order valence-corrected chi connectivity index (χ4v) is 3.84. The maximum atomic E-state index is 13.8. The van der Waals surface area contributed by atoms with Gasteiger partial charge in [0.05, 0.1) is 26.0 Å². The van der Waals surface area contributed by atoms with Crippen molar-refractivity contribution in [2.24, 2.45) is 0 Å². The second kappa shape index (κ2) is 9.16. The Morgan fingerprint density at radius 3 is 2.82 bits per heavy atom. The number of alkyl halides is 1. The van der Waals surface area contributed by atoms with Gasteiger partial charge in [-0.25, -0.2) is 4.39 Å². The fourth-order valence-electron chi connectivity index (χ4n) is 2.76. The Morgan fingerprint density at radius 1 is 1.32 bits per heavy atom. The van der Waals surface area contributed by atoms with Crippen LogP contribution in [0.4, 0.5) is 9.52 Å². The van der Waals surface area contributed by atoms with Gasteiger partial charge in [-0.05, 0) is 35.8 Å². The molecule has 0 fully saturated rings. The minimum absolute atomic E-state index is 0.116. The number of methoxy groups -OCH3 is 2. The van der Waals surface area contributed by atoms with Gasteiger partial charge >= 0.3 is 0 Å². The van der Waals surface area contributed by atoms with E-state index in [1.165, 1.54) is 17.4 Å². The van der Waals surface area contributed by atoms with Crippen molar-refractivity contribution in [2.45, 2.75) is 24.6 Å². The van der Waals surface area contributed by atoms with Gasteiger partial charge in [0.1, 0.15) is 10.8 Å². The smallest absolute Gasteiger partial charge is 0.230 e. The summed E-state index contributed by atoms with van der Waals surface area (Å²) in [5.41, 5.74) is 1.26. The van der Waals surface area contributed by atoms with Gasteiger partial charge in [-0.3, -0.25) is 4.79 Å². The third-order valence-corrected chi connectivity index (χ3v) is 5.44. The van der Waals surface area contributed by atoms with Crippen LogP contribution < -0.4 is 14.8 Å². The van der Waals surface area contributed by atoms with Crippen molar-refractivity contribution in [3.05, 3.63) is 52.3 Å². The molecule has 1 aromatic carbocycles. The van der Waals surface area contributed by atoms with E-state index in [1.807, 2.05) is 18.2 Å². The van der Waals surface area contributed by atoms with E-state index < -0.39 is 11.2 Å². The monoisotopic (exact) mass is 423 g/mol. The number of hydrogen-bond donors (Lipinski definition) is 1. The summed E-state index contributed by atoms with van der Waals surface area (Å²) in [6, 6.07) is 5.60. The highest BCUT2D eigenvalue weighted by Gasteiger charge is 2.21. The minimum Gasteiger partial charge on any atom is -0.493 e. The van der Waals surface area contributed by atoms with Crippen LogP contribution in [-0.2, 0) is 11.2 Å². The molecular formula is C19H19ClFN3O3S. The van der Waals surface area contributed by atoms with Crippen molar-refractivity contribution >= 4 is 34.0 Å². The molecule has 0 aliphatic heterocycles. The van der Waals surface area contributed by atoms with Gasteiger partial charge < -0.3 is 14.8 Å². The molecule has 28 heavy (non-hydrogen) atoms. The summed E-state index contributed by atoms with van der Waals surface area (Å²) in [5, 5.41) is 11.3. The molecule has 1 atom stereocenters. The van der Waals surface area contributed by atoms with Crippen molar-refractivity contribution in [3.8, 4) is 11.5 Å². The van der Waals surface area contributed by atoms with Crippen LogP contribution in [0.2, 0.25) is 0 Å². The van der Waals surface area contributed by atoms with E-state index in [4.69, 9.17) is 21.1 Å². The van der Waals surface area contributed by atoms with Gasteiger partial charge in [-0.15, -0.1) is 21.8 Å². The largest absolute Gasteiger partial charge is 0.493 e. The number of nitrogens with one attached hydrogen (secondary N) is 1. The number of anilines is 1. The molecule has 0 saturated heterocycles. The summed E-state index contributed by atoms with van der Waals surface area (Å²) >= 11 is 7.35. The summed E-state index contributed by atoms with van der Waals surface area (Å²) in [4.78, 5) is 12.2. The lowest BCUT2D eigenvalue weighted by Gasteiger charge is -2.15. The van der Waals surface area contributed by atoms with E-state index in [-0.39, 0.29) is 17.9 Å². The van der Waals surface area contributed by atoms with E-state index >= 15 is 0 Å². The average Bonchev–Trinajstić information content (AvgIpc) is 3.11. The molecule has 1 aromatic heterocycles. The van der Waals surface area contributed by atoms with Crippen LogP contribution in [0.3, 0.4) is 0 Å². The third-order valence-electron chi connectivity index (χ3n) is 4.16. The van der Waals surface area contributed by atoms with Crippen molar-refractivity contribution in [2.75, 3.05) is 19.5 Å². The van der Waals surface area contributed by atoms with Crippen LogP contribution >= 0.6 is 22.9 Å². The van der Waals surface area contributed by atoms with E-state index in [2.05, 4.69) is 15.5 Å². The second-order valence-corrected chi connectivity index (χ2v) is 7.66. The van der Waals surface area contributed by atoms with Crippen molar-refractivity contribution in [1.82, 2.24) is 10.2 Å². The van der Waals surface area contributed by atoms with Gasteiger partial charge in [-0.2, -0.15) is 0 Å². The van der Waals surface area contributed by atoms with E-state index in [1.54, 1.807) is 20.3 Å². The van der Waals surface area contributed by atoms with Crippen LogP contribution in [0.5, 0.6) is 11.5 Å². The predicted octanol–water partition coefficient (Wildman–Crippen LogP) is 4.27. The standard InChI is InChI=1S/C19H19ClFN3O3S/c1-26-15-7-6-11(8-16(15)27-2)9-18-23-24-19(28-18)22-17(25)10-12-13(20)4-3-5-14(12)21/h3,5-8,13H,4,9-10H2,1-2H3,(H,22,24,25). The Morgan fingerprint density at radius 2 is 2.11 bits per heavy atom. The number of allylic oxidation sites excluding steroid dienone is 3. The molecule has 1 heterocycles. The Labute approximate surface area is 171 Å². The first-order valence-electron chi connectivity index (χ1n) is 8.52. The average molecular weight is 424 g/mol. The number of halogens is 2. The zero-order valence-electron chi connectivity index (χ0n) is 15.4. The van der Waals surface area contributed by atoms with Crippen LogP contribution in [0.1, 0.15) is 23.4 Å². The highest BCUT2D eigenvalue weighted by Crippen LogP contribution is 2.30. The molecule has 0 saturated carbocycles. The topological polar surface area (TPSA) is 73.3 Å². The maximum absolute atomic E-state index is 13.8. The zero-order chi connectivity index (χ0) is 20.1. The van der Waals surface area contributed by atoms with Gasteiger partial charge in [0.25, 0.3) is 0 Å². The number of nitrogens with zero attached hydrogens (tertiary/aromatic N) is 2. The summed E-state index contributed by atoms with van der Waals surface area (Å²) in [6.45, 7) is 0. The molecule has 6 nitrogen and oxygen atoms in total. The third kappa shape index (κ3) is 4.88. The molecule has 0 spiro atoms. The first kappa shape index (κ1) is 20.3. The maximum Gasteiger partial charge on any atom is 0.230 e. The molecule has 1 unspecified atom stereocenters. The molecular weight excluding hydrogens is 405 g/mol. The second-order valence-electron chi connectivity index (χ2n) is 6.07. The number of aromatic nitrogens is 2.